The summed E-state index contributed by atoms with van der Waals surface area (Å²) in [7, 11) is 0. The molecule has 0 bridgehead atoms. The Balaban J connectivity index is 1.94. The molecule has 1 aromatic heterocycles. The predicted octanol–water partition coefficient (Wildman–Crippen LogP) is 1.78. The molecule has 0 fully saturated rings. The second-order valence-electron chi connectivity index (χ2n) is 3.88. The van der Waals surface area contributed by atoms with Crippen LogP contribution in [0.25, 0.3) is 10.1 Å². The largest absolute Gasteiger partial charge is 0.394 e. The third kappa shape index (κ3) is 3.73. The number of amides is 1. The average molecular weight is 283 g/mol. The zero-order valence-electron chi connectivity index (χ0n) is 10.2. The molecule has 0 saturated heterocycles. The number of carbonyl (C=O) groups is 1. The van der Waals surface area contributed by atoms with Crippen molar-refractivity contribution in [2.75, 3.05) is 26.4 Å². The summed E-state index contributed by atoms with van der Waals surface area (Å²) in [6, 6.07) is 6.19. The average Bonchev–Trinajstić information content (AvgIpc) is 2.81. The van der Waals surface area contributed by atoms with Gasteiger partial charge in [-0.3, -0.25) is 4.79 Å². The Morgan fingerprint density at radius 3 is 3.00 bits per heavy atom. The first kappa shape index (κ1) is 13.9. The highest BCUT2D eigenvalue weighted by atomic mass is 32.1. The molecular weight excluding hydrogens is 269 g/mol. The van der Waals surface area contributed by atoms with Gasteiger partial charge in [-0.15, -0.1) is 11.3 Å². The number of benzene rings is 1. The number of hydrogen-bond donors (Lipinski definition) is 2. The highest BCUT2D eigenvalue weighted by Crippen LogP contribution is 2.26. The molecule has 0 saturated carbocycles. The molecule has 2 N–H and O–H groups in total. The van der Waals surface area contributed by atoms with E-state index in [0.717, 1.165) is 10.1 Å². The second kappa shape index (κ2) is 6.60. The first-order chi connectivity index (χ1) is 9.20. The fraction of sp³-hybridized carbons (Fsp3) is 0.308. The van der Waals surface area contributed by atoms with E-state index in [9.17, 15) is 9.18 Å². The topological polar surface area (TPSA) is 58.6 Å². The van der Waals surface area contributed by atoms with Gasteiger partial charge in [-0.1, -0.05) is 6.07 Å². The number of aliphatic hydroxyl groups excluding tert-OH is 1. The summed E-state index contributed by atoms with van der Waals surface area (Å²) < 4.78 is 18.8. The Labute approximate surface area is 113 Å². The van der Waals surface area contributed by atoms with Crippen LogP contribution in [0.3, 0.4) is 0 Å². The summed E-state index contributed by atoms with van der Waals surface area (Å²) in [6.07, 6.45) is 0. The van der Waals surface area contributed by atoms with Gasteiger partial charge in [0, 0.05) is 11.2 Å². The predicted molar refractivity (Wildman–Crippen MR) is 72.0 cm³/mol. The number of carbonyl (C=O) groups excluding carboxylic acids is 1. The molecule has 0 aliphatic carbocycles. The molecule has 19 heavy (non-hydrogen) atoms. The fourth-order valence-electron chi connectivity index (χ4n) is 1.61. The standard InChI is InChI=1S/C13H14FNO3S/c14-10-2-1-9-7-12(19-11(9)8-10)13(17)15-3-5-18-6-4-16/h1-2,7-8,16H,3-6H2,(H,15,17). The minimum Gasteiger partial charge on any atom is -0.394 e. The lowest BCUT2D eigenvalue weighted by molar-refractivity contribution is 0.0840. The van der Waals surface area contributed by atoms with E-state index in [1.165, 1.54) is 23.5 Å². The van der Waals surface area contributed by atoms with Crippen molar-refractivity contribution >= 4 is 27.3 Å². The van der Waals surface area contributed by atoms with Crippen LogP contribution in [0.1, 0.15) is 9.67 Å². The van der Waals surface area contributed by atoms with Crippen molar-refractivity contribution in [3.05, 3.63) is 35.0 Å². The van der Waals surface area contributed by atoms with Gasteiger partial charge in [0.1, 0.15) is 5.82 Å². The maximum atomic E-state index is 13.0. The maximum absolute atomic E-state index is 13.0. The Hall–Kier alpha value is -1.50. The van der Waals surface area contributed by atoms with E-state index >= 15 is 0 Å². The monoisotopic (exact) mass is 283 g/mol. The number of thiophene rings is 1. The number of aliphatic hydroxyl groups is 1. The summed E-state index contributed by atoms with van der Waals surface area (Å²) in [5.74, 6) is -0.507. The molecule has 2 aromatic rings. The van der Waals surface area contributed by atoms with Crippen molar-refractivity contribution in [2.24, 2.45) is 0 Å². The van der Waals surface area contributed by atoms with E-state index in [4.69, 9.17) is 9.84 Å². The molecule has 1 heterocycles. The first-order valence-corrected chi connectivity index (χ1v) is 6.68. The molecule has 0 aliphatic heterocycles. The van der Waals surface area contributed by atoms with E-state index in [0.29, 0.717) is 18.0 Å². The van der Waals surface area contributed by atoms with E-state index < -0.39 is 0 Å². The molecule has 102 valence electrons. The van der Waals surface area contributed by atoms with E-state index in [1.54, 1.807) is 12.1 Å². The van der Waals surface area contributed by atoms with E-state index in [2.05, 4.69) is 5.32 Å². The quantitative estimate of drug-likeness (QED) is 0.795. The highest BCUT2D eigenvalue weighted by Gasteiger charge is 2.10. The molecular formula is C13H14FNO3S. The number of hydrogen-bond acceptors (Lipinski definition) is 4. The van der Waals surface area contributed by atoms with Crippen molar-refractivity contribution in [3.63, 3.8) is 0 Å². The lowest BCUT2D eigenvalue weighted by Gasteiger charge is -2.03. The van der Waals surface area contributed by atoms with Gasteiger partial charge in [-0.2, -0.15) is 0 Å². The molecule has 6 heteroatoms. The smallest absolute Gasteiger partial charge is 0.261 e. The Kier molecular flexibility index (Phi) is 4.84. The van der Waals surface area contributed by atoms with Crippen molar-refractivity contribution in [2.45, 2.75) is 0 Å². The van der Waals surface area contributed by atoms with Crippen LogP contribution in [-0.4, -0.2) is 37.4 Å². The number of rotatable bonds is 6. The molecule has 1 aromatic carbocycles. The SMILES string of the molecule is O=C(NCCOCCO)c1cc2ccc(F)cc2s1. The molecule has 0 unspecified atom stereocenters. The van der Waals surface area contributed by atoms with Crippen LogP contribution in [0.4, 0.5) is 4.39 Å². The number of ether oxygens (including phenoxy) is 1. The first-order valence-electron chi connectivity index (χ1n) is 5.86. The van der Waals surface area contributed by atoms with Gasteiger partial charge in [0.25, 0.3) is 5.91 Å². The van der Waals surface area contributed by atoms with Gasteiger partial charge in [0.2, 0.25) is 0 Å². The van der Waals surface area contributed by atoms with E-state index in [-0.39, 0.29) is 24.9 Å². The van der Waals surface area contributed by atoms with Crippen LogP contribution >= 0.6 is 11.3 Å². The summed E-state index contributed by atoms with van der Waals surface area (Å²) in [5, 5.41) is 12.1. The van der Waals surface area contributed by atoms with Gasteiger partial charge in [-0.05, 0) is 23.6 Å². The minimum atomic E-state index is -0.307. The molecule has 1 amide bonds. The lowest BCUT2D eigenvalue weighted by atomic mass is 10.2. The van der Waals surface area contributed by atoms with Crippen molar-refractivity contribution in [1.29, 1.82) is 0 Å². The number of halogens is 1. The maximum Gasteiger partial charge on any atom is 0.261 e. The van der Waals surface area contributed by atoms with Gasteiger partial charge in [0.05, 0.1) is 24.7 Å². The minimum absolute atomic E-state index is 0.0319. The zero-order valence-corrected chi connectivity index (χ0v) is 11.0. The van der Waals surface area contributed by atoms with Gasteiger partial charge in [0.15, 0.2) is 0 Å². The van der Waals surface area contributed by atoms with E-state index in [1.807, 2.05) is 0 Å². The van der Waals surface area contributed by atoms with Crippen molar-refractivity contribution < 1.29 is 19.0 Å². The number of fused-ring (bicyclic) bond motifs is 1. The molecule has 0 atom stereocenters. The van der Waals surface area contributed by atoms with Crippen LogP contribution in [0.2, 0.25) is 0 Å². The molecule has 0 spiro atoms. The third-order valence-electron chi connectivity index (χ3n) is 2.47. The second-order valence-corrected chi connectivity index (χ2v) is 4.97. The summed E-state index contributed by atoms with van der Waals surface area (Å²) in [6.45, 7) is 0.959. The zero-order chi connectivity index (χ0) is 13.7. The molecule has 0 radical (unpaired) electrons. The molecule has 0 aliphatic rings. The summed E-state index contributed by atoms with van der Waals surface area (Å²) in [5.41, 5.74) is 0. The Morgan fingerprint density at radius 2 is 2.21 bits per heavy atom. The fourth-order valence-corrected chi connectivity index (χ4v) is 2.61. The van der Waals surface area contributed by atoms with Crippen LogP contribution in [0, 0.1) is 5.82 Å². The van der Waals surface area contributed by atoms with Crippen LogP contribution in [0.15, 0.2) is 24.3 Å². The van der Waals surface area contributed by atoms with Crippen molar-refractivity contribution in [1.82, 2.24) is 5.32 Å². The van der Waals surface area contributed by atoms with Gasteiger partial charge < -0.3 is 15.2 Å². The Morgan fingerprint density at radius 1 is 1.37 bits per heavy atom. The number of nitrogens with one attached hydrogen (secondary N) is 1. The highest BCUT2D eigenvalue weighted by molar-refractivity contribution is 7.20. The third-order valence-corrected chi connectivity index (χ3v) is 3.57. The van der Waals surface area contributed by atoms with Gasteiger partial charge in [-0.25, -0.2) is 4.39 Å². The molecule has 2 rings (SSSR count). The summed E-state index contributed by atoms with van der Waals surface area (Å²) in [4.78, 5) is 12.4. The summed E-state index contributed by atoms with van der Waals surface area (Å²) >= 11 is 1.25. The normalized spacial score (nSPS) is 10.8. The van der Waals surface area contributed by atoms with Crippen LogP contribution in [-0.2, 0) is 4.74 Å². The Bertz CT molecular complexity index is 570. The lowest BCUT2D eigenvalue weighted by Crippen LogP contribution is -2.26. The van der Waals surface area contributed by atoms with Crippen LogP contribution in [0.5, 0.6) is 0 Å². The van der Waals surface area contributed by atoms with Crippen molar-refractivity contribution in [3.8, 4) is 0 Å². The van der Waals surface area contributed by atoms with Crippen LogP contribution < -0.4 is 5.32 Å². The van der Waals surface area contributed by atoms with Gasteiger partial charge >= 0.3 is 0 Å². The molecule has 4 nitrogen and oxygen atoms in total.